The molecule has 11 heteroatoms. The zero-order valence-electron chi connectivity index (χ0n) is 77.6. The van der Waals surface area contributed by atoms with Crippen molar-refractivity contribution < 1.29 is 0 Å². The van der Waals surface area contributed by atoms with Crippen LogP contribution < -0.4 is 0 Å². The zero-order valence-corrected chi connectivity index (χ0v) is 77.6. The van der Waals surface area contributed by atoms with E-state index in [1.165, 1.54) is 81.7 Å². The summed E-state index contributed by atoms with van der Waals surface area (Å²) in [7, 11) is 0. The van der Waals surface area contributed by atoms with Crippen LogP contribution in [0, 0.1) is 0 Å². The summed E-state index contributed by atoms with van der Waals surface area (Å²) in [6, 6.07) is 144. The third-order valence-electron chi connectivity index (χ3n) is 24.5. The molecule has 0 aliphatic carbocycles. The molecule has 11 nitrogen and oxygen atoms in total. The lowest BCUT2D eigenvalue weighted by Crippen LogP contribution is -2.04. The fourth-order valence-corrected chi connectivity index (χ4v) is 17.1. The van der Waals surface area contributed by atoms with Crippen molar-refractivity contribution in [3.8, 4) is 101 Å². The Morgan fingerprint density at radius 1 is 0.141 bits per heavy atom. The molecular formula is C124H103N11. The summed E-state index contributed by atoms with van der Waals surface area (Å²) in [5.74, 6) is 6.30. The Morgan fingerprint density at radius 3 is 0.815 bits per heavy atom. The summed E-state index contributed by atoms with van der Waals surface area (Å²) in [4.78, 5) is 53.2. The molecule has 0 saturated heterocycles. The fraction of sp³-hybridized carbons (Fsp3) is 0.121. The van der Waals surface area contributed by atoms with Gasteiger partial charge in [0.25, 0.3) is 0 Å². The average Bonchev–Trinajstić information content (AvgIpc) is 0.797. The van der Waals surface area contributed by atoms with E-state index in [2.05, 4.69) is 421 Å². The molecule has 0 aliphatic rings. The lowest BCUT2D eigenvalue weighted by Gasteiger charge is -2.13. The predicted octanol–water partition coefficient (Wildman–Crippen LogP) is 32.8. The number of benzene rings is 18. The molecule has 135 heavy (non-hydrogen) atoms. The molecule has 23 aromatic rings. The van der Waals surface area contributed by atoms with Gasteiger partial charge in [-0.15, -0.1) is 0 Å². The van der Waals surface area contributed by atoms with Gasteiger partial charge in [-0.1, -0.05) is 409 Å². The van der Waals surface area contributed by atoms with Crippen molar-refractivity contribution in [1.29, 1.82) is 0 Å². The van der Waals surface area contributed by atoms with Crippen LogP contribution >= 0.6 is 0 Å². The van der Waals surface area contributed by atoms with Gasteiger partial charge in [0.15, 0.2) is 11.6 Å². The molecule has 0 saturated carbocycles. The molecule has 0 fully saturated rings. The lowest BCUT2D eigenvalue weighted by molar-refractivity contribution is 0.766. The third kappa shape index (κ3) is 19.8. The second-order valence-electron chi connectivity index (χ2n) is 35.8. The molecule has 0 unspecified atom stereocenters. The number of fused-ring (bicyclic) bond motifs is 9. The normalized spacial score (nSPS) is 11.4. The van der Waals surface area contributed by atoms with Gasteiger partial charge in [0.05, 0.1) is 56.1 Å². The summed E-state index contributed by atoms with van der Waals surface area (Å²) >= 11 is 0. The van der Waals surface area contributed by atoms with Crippen LogP contribution in [0.5, 0.6) is 0 Å². The van der Waals surface area contributed by atoms with E-state index in [1.807, 2.05) is 60.7 Å². The van der Waals surface area contributed by atoms with Gasteiger partial charge >= 0.3 is 0 Å². The first kappa shape index (κ1) is 87.9. The maximum Gasteiger partial charge on any atom is 0.163 e. The molecule has 0 amide bonds. The van der Waals surface area contributed by atoms with E-state index < -0.39 is 0 Å². The second-order valence-corrected chi connectivity index (χ2v) is 35.8. The van der Waals surface area contributed by atoms with E-state index in [-0.39, 0.29) is 17.8 Å². The SMILES string of the molecule is CC(C)c1nc(-c2ccc(-c3ccc4ccccc4c3)cc2)c2ccccc2n1.CC(C)c1nc(-c2ccc3ccccc3c2)c2ccccc2n1.CC(C)c1nc(-c2cccc(-c3ccc4ccccc4c3)c2)c2ccccc2n1.CC(C)c1nc(-c2cccc(-c3ccccc3)c2)nc(-c2ccc3ccccc3c2)n1.CC(C)c1nc2ccccc2nc1-c1ccc2ccccc2c1. The topological polar surface area (TPSA) is 142 Å². The average molecular weight is 1750 g/mol. The Bertz CT molecular complexity index is 8250. The highest BCUT2D eigenvalue weighted by molar-refractivity contribution is 5.99. The standard InChI is InChI=1S/C28H23N3.2C27H22N2.2C21H18N2/c1-19(2)26-29-27(24-14-8-13-23(17-24)20-9-4-3-5-10-20)31-28(30-26)25-16-15-21-11-6-7-12-22(21)18-25;1-18(2)27-28-25-13-6-5-12-24(25)26(29-27)23-11-7-10-21(17-23)22-15-14-19-8-3-4-9-20(19)16-22;1-18(2)27-28-25-10-6-5-9-24(25)26(29-27)21-14-11-20(12-15-21)23-16-13-19-7-3-4-8-22(19)17-23;1-14(2)21-22-19-10-6-5-9-18(19)20(23-21)17-12-11-15-7-3-4-8-16(15)13-17;1-14(2)20-21(23-19-10-6-5-9-18(19)22-20)17-12-11-15-7-3-4-8-16(15)13-17/h3-19H,1-2H3;2*3-18H,1-2H3;2*3-14H,1-2H3. The van der Waals surface area contributed by atoms with Crippen molar-refractivity contribution in [3.05, 3.63) is 442 Å². The second kappa shape index (κ2) is 39.8. The molecule has 0 bridgehead atoms. The number of aromatic nitrogens is 11. The minimum absolute atomic E-state index is 0.207. The third-order valence-corrected chi connectivity index (χ3v) is 24.5. The molecule has 5 heterocycles. The fourth-order valence-electron chi connectivity index (χ4n) is 17.1. The summed E-state index contributed by atoms with van der Waals surface area (Å²) in [5, 5.41) is 15.7. The number of nitrogens with zero attached hydrogens (tertiary/aromatic N) is 11. The van der Waals surface area contributed by atoms with Crippen LogP contribution in [-0.4, -0.2) is 54.8 Å². The Labute approximate surface area is 788 Å². The first-order valence-corrected chi connectivity index (χ1v) is 46.6. The van der Waals surface area contributed by atoms with Gasteiger partial charge in [0, 0.05) is 73.2 Å². The van der Waals surface area contributed by atoms with Crippen LogP contribution in [0.25, 0.3) is 199 Å². The van der Waals surface area contributed by atoms with E-state index in [0.717, 1.165) is 134 Å². The maximum absolute atomic E-state index is 4.94. The quantitative estimate of drug-likeness (QED) is 0.103. The van der Waals surface area contributed by atoms with Gasteiger partial charge in [0.1, 0.15) is 23.3 Å². The highest BCUT2D eigenvalue weighted by atomic mass is 15.0. The molecule has 18 aromatic carbocycles. The number of hydrogen-bond acceptors (Lipinski definition) is 11. The number of hydrogen-bond donors (Lipinski definition) is 0. The Morgan fingerprint density at radius 2 is 0.393 bits per heavy atom. The van der Waals surface area contributed by atoms with Crippen molar-refractivity contribution in [3.63, 3.8) is 0 Å². The minimum Gasteiger partial charge on any atom is -0.249 e. The van der Waals surface area contributed by atoms with Gasteiger partial charge in [0.2, 0.25) is 0 Å². The van der Waals surface area contributed by atoms with E-state index in [9.17, 15) is 0 Å². The lowest BCUT2D eigenvalue weighted by atomic mass is 9.97. The summed E-state index contributed by atoms with van der Waals surface area (Å²) < 4.78 is 0. The summed E-state index contributed by atoms with van der Waals surface area (Å²) in [5.41, 5.74) is 23.7. The highest BCUT2D eigenvalue weighted by Crippen LogP contribution is 2.39. The molecule has 0 aliphatic heterocycles. The number of rotatable bonds is 14. The number of para-hydroxylation sites is 5. The van der Waals surface area contributed by atoms with Crippen LogP contribution in [0.4, 0.5) is 0 Å². The molecule has 23 rings (SSSR count). The van der Waals surface area contributed by atoms with Crippen molar-refractivity contribution >= 4 is 97.6 Å². The van der Waals surface area contributed by atoms with Gasteiger partial charge in [-0.2, -0.15) is 0 Å². The molecule has 0 spiro atoms. The van der Waals surface area contributed by atoms with E-state index in [1.54, 1.807) is 0 Å². The molecule has 0 N–H and O–H groups in total. The van der Waals surface area contributed by atoms with Crippen molar-refractivity contribution in [1.82, 2.24) is 54.8 Å². The van der Waals surface area contributed by atoms with Crippen LogP contribution in [0.3, 0.4) is 0 Å². The highest BCUT2D eigenvalue weighted by Gasteiger charge is 2.21. The monoisotopic (exact) mass is 1750 g/mol. The van der Waals surface area contributed by atoms with Crippen LogP contribution in [0.2, 0.25) is 0 Å². The zero-order chi connectivity index (χ0) is 92.4. The van der Waals surface area contributed by atoms with Gasteiger partial charge in [-0.05, 0) is 166 Å². The van der Waals surface area contributed by atoms with Crippen LogP contribution in [-0.2, 0) is 0 Å². The minimum atomic E-state index is 0.207. The van der Waals surface area contributed by atoms with E-state index in [4.69, 9.17) is 54.8 Å². The van der Waals surface area contributed by atoms with Crippen molar-refractivity contribution in [2.75, 3.05) is 0 Å². The smallest absolute Gasteiger partial charge is 0.163 e. The first-order valence-electron chi connectivity index (χ1n) is 46.6. The summed E-state index contributed by atoms with van der Waals surface area (Å²) in [6.07, 6.45) is 0. The molecule has 0 atom stereocenters. The Kier molecular flexibility index (Phi) is 25.9. The molecule has 654 valence electrons. The van der Waals surface area contributed by atoms with Crippen LogP contribution in [0.15, 0.2) is 413 Å². The Hall–Kier alpha value is -16.4. The largest absolute Gasteiger partial charge is 0.249 e. The molecular weight excluding hydrogens is 1640 g/mol. The first-order chi connectivity index (χ1) is 66.0. The molecule has 5 aromatic heterocycles. The molecule has 0 radical (unpaired) electrons. The van der Waals surface area contributed by atoms with Gasteiger partial charge < -0.3 is 0 Å². The van der Waals surface area contributed by atoms with Gasteiger partial charge in [-0.25, -0.2) is 54.8 Å². The van der Waals surface area contributed by atoms with Crippen LogP contribution in [0.1, 0.15) is 128 Å². The Balaban J connectivity index is 0.000000109. The summed E-state index contributed by atoms with van der Waals surface area (Å²) in [6.45, 7) is 21.4. The predicted molar refractivity (Wildman–Crippen MR) is 565 cm³/mol. The van der Waals surface area contributed by atoms with E-state index in [0.29, 0.717) is 23.5 Å². The van der Waals surface area contributed by atoms with E-state index >= 15 is 0 Å². The van der Waals surface area contributed by atoms with Crippen molar-refractivity contribution in [2.45, 2.75) is 98.8 Å². The maximum atomic E-state index is 4.94. The van der Waals surface area contributed by atoms with Crippen molar-refractivity contribution in [2.24, 2.45) is 0 Å². The van der Waals surface area contributed by atoms with Gasteiger partial charge in [-0.3, -0.25) is 0 Å².